The lowest BCUT2D eigenvalue weighted by Crippen LogP contribution is -2.27. The summed E-state index contributed by atoms with van der Waals surface area (Å²) in [7, 11) is 0. The van der Waals surface area contributed by atoms with Crippen LogP contribution >= 0.6 is 11.6 Å². The minimum atomic E-state index is -0.309. The Morgan fingerprint density at radius 2 is 1.70 bits per heavy atom. The lowest BCUT2D eigenvalue weighted by atomic mass is 10.1. The molecule has 1 N–H and O–H groups in total. The molecule has 3 aromatic carbocycles. The van der Waals surface area contributed by atoms with E-state index in [4.69, 9.17) is 11.6 Å². The SMILES string of the molecule is C[C@H](NC(=O)c1cn2c3ccccc3c(=O)n(Cc3ccccc3Cl)c2n1)c1ccccc1. The molecule has 0 saturated heterocycles. The second-order valence-electron chi connectivity index (χ2n) is 7.90. The van der Waals surface area contributed by atoms with E-state index in [-0.39, 0.29) is 29.7 Å². The molecule has 2 aromatic heterocycles. The molecule has 0 radical (unpaired) electrons. The number of para-hydroxylation sites is 1. The highest BCUT2D eigenvalue weighted by molar-refractivity contribution is 6.31. The van der Waals surface area contributed by atoms with Gasteiger partial charge in [0.05, 0.1) is 23.5 Å². The number of hydrogen-bond donors (Lipinski definition) is 1. The van der Waals surface area contributed by atoms with Crippen LogP contribution in [-0.4, -0.2) is 19.9 Å². The van der Waals surface area contributed by atoms with Gasteiger partial charge in [0.2, 0.25) is 5.78 Å². The van der Waals surface area contributed by atoms with Gasteiger partial charge in [-0.2, -0.15) is 0 Å². The van der Waals surface area contributed by atoms with Crippen LogP contribution in [0.2, 0.25) is 5.02 Å². The zero-order valence-corrected chi connectivity index (χ0v) is 18.7. The molecular weight excluding hydrogens is 436 g/mol. The van der Waals surface area contributed by atoms with Crippen molar-refractivity contribution >= 4 is 34.2 Å². The predicted octanol–water partition coefficient (Wildman–Crippen LogP) is 4.84. The summed E-state index contributed by atoms with van der Waals surface area (Å²) in [6.45, 7) is 2.16. The average Bonchev–Trinajstić information content (AvgIpc) is 3.29. The number of hydrogen-bond acceptors (Lipinski definition) is 3. The number of carbonyl (C=O) groups excluding carboxylic acids is 1. The van der Waals surface area contributed by atoms with Crippen molar-refractivity contribution in [1.29, 1.82) is 0 Å². The van der Waals surface area contributed by atoms with E-state index in [1.807, 2.05) is 73.7 Å². The maximum atomic E-state index is 13.4. The Morgan fingerprint density at radius 1 is 1.00 bits per heavy atom. The van der Waals surface area contributed by atoms with Crippen molar-refractivity contribution < 1.29 is 4.79 Å². The van der Waals surface area contributed by atoms with Gasteiger partial charge in [0.1, 0.15) is 5.69 Å². The minimum Gasteiger partial charge on any atom is -0.344 e. The van der Waals surface area contributed by atoms with Crippen molar-refractivity contribution in [2.45, 2.75) is 19.5 Å². The van der Waals surface area contributed by atoms with E-state index < -0.39 is 0 Å². The smallest absolute Gasteiger partial charge is 0.272 e. The predicted molar refractivity (Wildman–Crippen MR) is 130 cm³/mol. The number of imidazole rings is 1. The number of fused-ring (bicyclic) bond motifs is 3. The monoisotopic (exact) mass is 456 g/mol. The van der Waals surface area contributed by atoms with Crippen LogP contribution in [0.5, 0.6) is 0 Å². The number of benzene rings is 3. The van der Waals surface area contributed by atoms with Gasteiger partial charge in [-0.05, 0) is 36.2 Å². The molecule has 5 aromatic rings. The molecule has 33 heavy (non-hydrogen) atoms. The van der Waals surface area contributed by atoms with Gasteiger partial charge in [0.15, 0.2) is 0 Å². The van der Waals surface area contributed by atoms with Crippen molar-refractivity contribution in [3.05, 3.63) is 117 Å². The fourth-order valence-electron chi connectivity index (χ4n) is 3.98. The van der Waals surface area contributed by atoms with Crippen LogP contribution in [0.4, 0.5) is 0 Å². The molecule has 5 rings (SSSR count). The maximum absolute atomic E-state index is 13.4. The first-order valence-corrected chi connectivity index (χ1v) is 11.0. The molecule has 0 bridgehead atoms. The van der Waals surface area contributed by atoms with Gasteiger partial charge in [-0.3, -0.25) is 18.6 Å². The molecule has 1 amide bonds. The Morgan fingerprint density at radius 3 is 2.48 bits per heavy atom. The standard InChI is InChI=1S/C26H21ClN4O2/c1-17(18-9-3-2-4-10-18)28-24(32)22-16-30-23-14-8-6-12-20(23)25(33)31(26(30)29-22)15-19-11-5-7-13-21(19)27/h2-14,16-17H,15H2,1H3,(H,28,32)/t17-/m0/s1. The Bertz CT molecular complexity index is 1540. The summed E-state index contributed by atoms with van der Waals surface area (Å²) >= 11 is 6.36. The van der Waals surface area contributed by atoms with Gasteiger partial charge in [0, 0.05) is 11.2 Å². The molecule has 7 heteroatoms. The number of amides is 1. The van der Waals surface area contributed by atoms with Crippen molar-refractivity contribution in [3.63, 3.8) is 0 Å². The van der Waals surface area contributed by atoms with E-state index in [1.165, 1.54) is 0 Å². The Balaban J connectivity index is 1.61. The number of nitrogens with zero attached hydrogens (tertiary/aromatic N) is 3. The first kappa shape index (κ1) is 21.0. The van der Waals surface area contributed by atoms with E-state index in [9.17, 15) is 9.59 Å². The van der Waals surface area contributed by atoms with E-state index in [2.05, 4.69) is 10.3 Å². The van der Waals surface area contributed by atoms with Crippen LogP contribution < -0.4 is 10.9 Å². The van der Waals surface area contributed by atoms with Crippen molar-refractivity contribution in [2.75, 3.05) is 0 Å². The van der Waals surface area contributed by atoms with Gasteiger partial charge >= 0.3 is 0 Å². The quantitative estimate of drug-likeness (QED) is 0.411. The highest BCUT2D eigenvalue weighted by Gasteiger charge is 2.19. The van der Waals surface area contributed by atoms with Crippen LogP contribution in [0.15, 0.2) is 89.9 Å². The fraction of sp³-hybridized carbons (Fsp3) is 0.115. The van der Waals surface area contributed by atoms with Gasteiger partial charge in [-0.25, -0.2) is 4.98 Å². The first-order valence-electron chi connectivity index (χ1n) is 10.6. The first-order chi connectivity index (χ1) is 16.0. The van der Waals surface area contributed by atoms with E-state index in [0.29, 0.717) is 21.7 Å². The number of aromatic nitrogens is 3. The van der Waals surface area contributed by atoms with Crippen molar-refractivity contribution in [2.24, 2.45) is 0 Å². The molecule has 6 nitrogen and oxygen atoms in total. The Kier molecular flexibility index (Phi) is 5.44. The molecule has 0 unspecified atom stereocenters. The molecule has 0 saturated carbocycles. The summed E-state index contributed by atoms with van der Waals surface area (Å²) in [4.78, 5) is 31.0. The lowest BCUT2D eigenvalue weighted by Gasteiger charge is -2.13. The van der Waals surface area contributed by atoms with Crippen LogP contribution in [0.1, 0.15) is 34.6 Å². The second-order valence-corrected chi connectivity index (χ2v) is 8.31. The summed E-state index contributed by atoms with van der Waals surface area (Å²) in [6, 6.07) is 24.2. The molecule has 0 aliphatic rings. The summed E-state index contributed by atoms with van der Waals surface area (Å²) in [5, 5.41) is 4.10. The third kappa shape index (κ3) is 3.90. The third-order valence-electron chi connectivity index (χ3n) is 5.73. The van der Waals surface area contributed by atoms with Crippen LogP contribution in [0.3, 0.4) is 0 Å². The zero-order chi connectivity index (χ0) is 22.9. The zero-order valence-electron chi connectivity index (χ0n) is 17.9. The average molecular weight is 457 g/mol. The molecular formula is C26H21ClN4O2. The van der Waals surface area contributed by atoms with E-state index in [1.54, 1.807) is 27.3 Å². The summed E-state index contributed by atoms with van der Waals surface area (Å²) in [6.07, 6.45) is 1.67. The molecule has 2 heterocycles. The molecule has 0 spiro atoms. The van der Waals surface area contributed by atoms with E-state index >= 15 is 0 Å². The highest BCUT2D eigenvalue weighted by atomic mass is 35.5. The summed E-state index contributed by atoms with van der Waals surface area (Å²) in [5.74, 6) is 0.0759. The molecule has 0 aliphatic carbocycles. The normalized spacial score (nSPS) is 12.2. The van der Waals surface area contributed by atoms with Crippen LogP contribution in [0, 0.1) is 0 Å². The van der Waals surface area contributed by atoms with Gasteiger partial charge < -0.3 is 5.32 Å². The molecule has 0 aliphatic heterocycles. The topological polar surface area (TPSA) is 68.4 Å². The second kappa shape index (κ2) is 8.56. The maximum Gasteiger partial charge on any atom is 0.272 e. The van der Waals surface area contributed by atoms with E-state index in [0.717, 1.165) is 11.1 Å². The van der Waals surface area contributed by atoms with Gasteiger partial charge in [-0.1, -0.05) is 72.3 Å². The number of nitrogens with one attached hydrogen (secondary N) is 1. The number of rotatable bonds is 5. The fourth-order valence-corrected chi connectivity index (χ4v) is 4.18. The summed E-state index contributed by atoms with van der Waals surface area (Å²) in [5.41, 5.74) is 2.53. The number of carbonyl (C=O) groups is 1. The summed E-state index contributed by atoms with van der Waals surface area (Å²) < 4.78 is 3.34. The molecule has 0 fully saturated rings. The Hall–Kier alpha value is -3.90. The highest BCUT2D eigenvalue weighted by Crippen LogP contribution is 2.20. The van der Waals surface area contributed by atoms with Crippen molar-refractivity contribution in [1.82, 2.24) is 19.3 Å². The van der Waals surface area contributed by atoms with Gasteiger partial charge in [0.25, 0.3) is 11.5 Å². The largest absolute Gasteiger partial charge is 0.344 e. The third-order valence-corrected chi connectivity index (χ3v) is 6.10. The van der Waals surface area contributed by atoms with Crippen molar-refractivity contribution in [3.8, 4) is 0 Å². The van der Waals surface area contributed by atoms with Crippen LogP contribution in [0.25, 0.3) is 16.7 Å². The van der Waals surface area contributed by atoms with Gasteiger partial charge in [-0.15, -0.1) is 0 Å². The minimum absolute atomic E-state index is 0.187. The molecule has 1 atom stereocenters. The Labute approximate surface area is 195 Å². The molecule has 164 valence electrons. The lowest BCUT2D eigenvalue weighted by molar-refractivity contribution is 0.0935. The number of halogens is 1. The van der Waals surface area contributed by atoms with Crippen LogP contribution in [-0.2, 0) is 6.54 Å².